The number of benzene rings is 1. The SMILES string of the molecule is COC(=O)C(O)CNC(=O)c1ccc(Br)cc1OC. The maximum absolute atomic E-state index is 11.9. The first-order valence-corrected chi connectivity index (χ1v) is 6.16. The molecule has 0 spiro atoms. The lowest BCUT2D eigenvalue weighted by molar-refractivity contribution is -0.149. The van der Waals surface area contributed by atoms with Gasteiger partial charge >= 0.3 is 5.97 Å². The number of rotatable bonds is 5. The minimum absolute atomic E-state index is 0.231. The van der Waals surface area contributed by atoms with Crippen LogP contribution in [-0.2, 0) is 9.53 Å². The van der Waals surface area contributed by atoms with Gasteiger partial charge in [-0.2, -0.15) is 0 Å². The third-order valence-electron chi connectivity index (χ3n) is 2.34. The molecule has 0 bridgehead atoms. The summed E-state index contributed by atoms with van der Waals surface area (Å²) in [7, 11) is 2.60. The Bertz CT molecular complexity index is 477. The molecule has 104 valence electrons. The van der Waals surface area contributed by atoms with E-state index in [2.05, 4.69) is 26.0 Å². The van der Waals surface area contributed by atoms with Gasteiger partial charge in [0.2, 0.25) is 0 Å². The molecule has 0 saturated heterocycles. The Morgan fingerprint density at radius 2 is 2.11 bits per heavy atom. The molecule has 1 amide bonds. The Hall–Kier alpha value is -1.60. The Labute approximate surface area is 118 Å². The van der Waals surface area contributed by atoms with E-state index in [0.29, 0.717) is 11.3 Å². The van der Waals surface area contributed by atoms with Crippen molar-refractivity contribution in [1.29, 1.82) is 0 Å². The number of halogens is 1. The quantitative estimate of drug-likeness (QED) is 0.776. The van der Waals surface area contributed by atoms with E-state index in [0.717, 1.165) is 11.6 Å². The number of carbonyl (C=O) groups excluding carboxylic acids is 2. The predicted octanol–water partition coefficient (Wildman–Crippen LogP) is 0.721. The minimum atomic E-state index is -1.39. The van der Waals surface area contributed by atoms with Crippen molar-refractivity contribution in [3.05, 3.63) is 28.2 Å². The fraction of sp³-hybridized carbons (Fsp3) is 0.333. The number of nitrogens with one attached hydrogen (secondary N) is 1. The lowest BCUT2D eigenvalue weighted by Crippen LogP contribution is -2.37. The molecule has 7 heteroatoms. The van der Waals surface area contributed by atoms with Crippen LogP contribution in [0.15, 0.2) is 22.7 Å². The summed E-state index contributed by atoms with van der Waals surface area (Å²) in [6.07, 6.45) is -1.39. The second-order valence-electron chi connectivity index (χ2n) is 3.59. The molecule has 19 heavy (non-hydrogen) atoms. The summed E-state index contributed by atoms with van der Waals surface area (Å²) < 4.78 is 10.2. The lowest BCUT2D eigenvalue weighted by Gasteiger charge is -2.12. The van der Waals surface area contributed by atoms with Crippen molar-refractivity contribution in [2.24, 2.45) is 0 Å². The second-order valence-corrected chi connectivity index (χ2v) is 4.51. The minimum Gasteiger partial charge on any atom is -0.496 e. The molecule has 1 aromatic carbocycles. The van der Waals surface area contributed by atoms with Crippen LogP contribution in [0.1, 0.15) is 10.4 Å². The van der Waals surface area contributed by atoms with E-state index in [-0.39, 0.29) is 6.54 Å². The number of ether oxygens (including phenoxy) is 2. The topological polar surface area (TPSA) is 84.9 Å². The normalized spacial score (nSPS) is 11.6. The second kappa shape index (κ2) is 7.10. The van der Waals surface area contributed by atoms with Gasteiger partial charge in [0, 0.05) is 4.47 Å². The summed E-state index contributed by atoms with van der Waals surface area (Å²) in [5, 5.41) is 11.8. The van der Waals surface area contributed by atoms with Gasteiger partial charge in [-0.05, 0) is 18.2 Å². The van der Waals surface area contributed by atoms with Crippen LogP contribution in [-0.4, -0.2) is 43.9 Å². The number of amides is 1. The molecule has 0 fully saturated rings. The first kappa shape index (κ1) is 15.5. The van der Waals surface area contributed by atoms with Crippen molar-refractivity contribution in [3.63, 3.8) is 0 Å². The zero-order chi connectivity index (χ0) is 14.4. The predicted molar refractivity (Wildman–Crippen MR) is 71.1 cm³/mol. The van der Waals surface area contributed by atoms with Gasteiger partial charge < -0.3 is 19.9 Å². The van der Waals surface area contributed by atoms with Crippen molar-refractivity contribution in [3.8, 4) is 5.75 Å². The number of aliphatic hydroxyl groups excluding tert-OH is 1. The zero-order valence-electron chi connectivity index (χ0n) is 10.5. The Morgan fingerprint density at radius 3 is 2.68 bits per heavy atom. The average Bonchev–Trinajstić information content (AvgIpc) is 2.43. The van der Waals surface area contributed by atoms with E-state index < -0.39 is 18.0 Å². The van der Waals surface area contributed by atoms with Crippen LogP contribution in [0.3, 0.4) is 0 Å². The summed E-state index contributed by atoms with van der Waals surface area (Å²) in [4.78, 5) is 22.9. The van der Waals surface area contributed by atoms with E-state index in [9.17, 15) is 14.7 Å². The average molecular weight is 332 g/mol. The van der Waals surface area contributed by atoms with Gasteiger partial charge in [0.25, 0.3) is 5.91 Å². The third kappa shape index (κ3) is 4.22. The van der Waals surface area contributed by atoms with Crippen LogP contribution in [0.5, 0.6) is 5.75 Å². The van der Waals surface area contributed by atoms with Crippen LogP contribution in [0.2, 0.25) is 0 Å². The van der Waals surface area contributed by atoms with Crippen molar-refractivity contribution in [1.82, 2.24) is 5.32 Å². The largest absolute Gasteiger partial charge is 0.496 e. The molecule has 0 aliphatic rings. The number of aliphatic hydroxyl groups is 1. The van der Waals surface area contributed by atoms with E-state index in [4.69, 9.17) is 4.74 Å². The molecule has 0 radical (unpaired) electrons. The van der Waals surface area contributed by atoms with Crippen molar-refractivity contribution < 1.29 is 24.2 Å². The summed E-state index contributed by atoms with van der Waals surface area (Å²) >= 11 is 3.26. The van der Waals surface area contributed by atoms with Crippen molar-refractivity contribution in [2.45, 2.75) is 6.10 Å². The highest BCUT2D eigenvalue weighted by molar-refractivity contribution is 9.10. The molecule has 2 N–H and O–H groups in total. The van der Waals surface area contributed by atoms with Crippen LogP contribution < -0.4 is 10.1 Å². The van der Waals surface area contributed by atoms with Gasteiger partial charge in [0.15, 0.2) is 6.10 Å². The Morgan fingerprint density at radius 1 is 1.42 bits per heavy atom. The number of hydrogen-bond acceptors (Lipinski definition) is 5. The van der Waals surface area contributed by atoms with Crippen LogP contribution >= 0.6 is 15.9 Å². The van der Waals surface area contributed by atoms with Crippen LogP contribution in [0, 0.1) is 0 Å². The standard InChI is InChI=1S/C12H14BrNO5/c1-18-10-5-7(13)3-4-8(10)11(16)14-6-9(15)12(17)19-2/h3-5,9,15H,6H2,1-2H3,(H,14,16). The van der Waals surface area contributed by atoms with Crippen molar-refractivity contribution >= 4 is 27.8 Å². The molecule has 1 rings (SSSR count). The first-order valence-electron chi connectivity index (χ1n) is 5.37. The van der Waals surface area contributed by atoms with Crippen LogP contribution in [0.4, 0.5) is 0 Å². The highest BCUT2D eigenvalue weighted by Crippen LogP contribution is 2.23. The molecule has 0 aliphatic heterocycles. The zero-order valence-corrected chi connectivity index (χ0v) is 12.1. The molecule has 0 aliphatic carbocycles. The highest BCUT2D eigenvalue weighted by atomic mass is 79.9. The first-order chi connectivity index (χ1) is 8.99. The highest BCUT2D eigenvalue weighted by Gasteiger charge is 2.18. The summed E-state index contributed by atoms with van der Waals surface area (Å²) in [5.74, 6) is -0.866. The van der Waals surface area contributed by atoms with E-state index >= 15 is 0 Å². The Balaban J connectivity index is 2.71. The number of hydrogen-bond donors (Lipinski definition) is 2. The fourth-order valence-electron chi connectivity index (χ4n) is 1.36. The molecule has 0 aromatic heterocycles. The van der Waals surface area contributed by atoms with E-state index in [1.807, 2.05) is 0 Å². The summed E-state index contributed by atoms with van der Waals surface area (Å²) in [6.45, 7) is -0.231. The molecule has 1 atom stereocenters. The van der Waals surface area contributed by atoms with Gasteiger partial charge in [0.1, 0.15) is 5.75 Å². The van der Waals surface area contributed by atoms with Gasteiger partial charge in [0.05, 0.1) is 26.3 Å². The lowest BCUT2D eigenvalue weighted by atomic mass is 10.2. The summed E-state index contributed by atoms with van der Waals surface area (Å²) in [6, 6.07) is 4.91. The molecule has 0 heterocycles. The van der Waals surface area contributed by atoms with Crippen molar-refractivity contribution in [2.75, 3.05) is 20.8 Å². The maximum Gasteiger partial charge on any atom is 0.336 e. The molecule has 1 aromatic rings. The van der Waals surface area contributed by atoms with Gasteiger partial charge in [-0.15, -0.1) is 0 Å². The molecule has 6 nitrogen and oxygen atoms in total. The van der Waals surface area contributed by atoms with E-state index in [1.54, 1.807) is 18.2 Å². The van der Waals surface area contributed by atoms with E-state index in [1.165, 1.54) is 7.11 Å². The molecular formula is C12H14BrNO5. The smallest absolute Gasteiger partial charge is 0.336 e. The molecule has 0 saturated carbocycles. The van der Waals surface area contributed by atoms with Gasteiger partial charge in [-0.1, -0.05) is 15.9 Å². The molecular weight excluding hydrogens is 318 g/mol. The summed E-state index contributed by atoms with van der Waals surface area (Å²) in [5.41, 5.74) is 0.308. The molecule has 1 unspecified atom stereocenters. The fourth-order valence-corrected chi connectivity index (χ4v) is 1.70. The maximum atomic E-state index is 11.9. The van der Waals surface area contributed by atoms with Crippen LogP contribution in [0.25, 0.3) is 0 Å². The number of esters is 1. The van der Waals surface area contributed by atoms with Gasteiger partial charge in [-0.25, -0.2) is 4.79 Å². The third-order valence-corrected chi connectivity index (χ3v) is 2.83. The Kier molecular flexibility index (Phi) is 5.78. The number of methoxy groups -OCH3 is 2. The monoisotopic (exact) mass is 331 g/mol. The van der Waals surface area contributed by atoms with Gasteiger partial charge in [-0.3, -0.25) is 4.79 Å². The number of carbonyl (C=O) groups is 2.